The molecule has 2 aromatic carbocycles. The highest BCUT2D eigenvalue weighted by molar-refractivity contribution is 7.21. The van der Waals surface area contributed by atoms with Crippen molar-refractivity contribution in [1.29, 1.82) is 0 Å². The van der Waals surface area contributed by atoms with E-state index in [2.05, 4.69) is 10.4 Å². The summed E-state index contributed by atoms with van der Waals surface area (Å²) in [6, 6.07) is 17.5. The Labute approximate surface area is 178 Å². The number of thiophene rings is 1. The second-order valence-electron chi connectivity index (χ2n) is 6.97. The fraction of sp³-hybridized carbons (Fsp3) is 0.174. The topological polar surface area (TPSA) is 73.2 Å². The molecule has 0 saturated heterocycles. The fourth-order valence-electron chi connectivity index (χ4n) is 3.39. The zero-order valence-corrected chi connectivity index (χ0v) is 17.7. The number of hydrogen-bond donors (Lipinski definition) is 1. The molecule has 1 N–H and O–H groups in total. The van der Waals surface area contributed by atoms with Crippen LogP contribution in [0.1, 0.15) is 26.6 Å². The number of benzene rings is 2. The molecule has 4 rings (SSSR count). The predicted molar refractivity (Wildman–Crippen MR) is 119 cm³/mol. The fourth-order valence-corrected chi connectivity index (χ4v) is 4.49. The second-order valence-corrected chi connectivity index (χ2v) is 8.02. The molecule has 2 aromatic heterocycles. The van der Waals surface area contributed by atoms with Crippen molar-refractivity contribution in [3.05, 3.63) is 76.4 Å². The van der Waals surface area contributed by atoms with Crippen molar-refractivity contribution in [2.24, 2.45) is 0 Å². The first kappa shape index (κ1) is 19.8. The van der Waals surface area contributed by atoms with Crippen LogP contribution in [0.25, 0.3) is 15.8 Å². The number of hydrogen-bond acceptors (Lipinski definition) is 5. The van der Waals surface area contributed by atoms with Gasteiger partial charge in [-0.1, -0.05) is 36.4 Å². The van der Waals surface area contributed by atoms with Gasteiger partial charge in [-0.25, -0.2) is 9.48 Å². The molecule has 0 radical (unpaired) electrons. The maximum absolute atomic E-state index is 12.5. The summed E-state index contributed by atoms with van der Waals surface area (Å²) in [5, 5.41) is 8.35. The number of aryl methyl sites for hydroxylation is 2. The molecule has 0 aliphatic rings. The lowest BCUT2D eigenvalue weighted by Gasteiger charge is -2.08. The lowest BCUT2D eigenvalue weighted by Crippen LogP contribution is -2.21. The molecule has 0 aliphatic heterocycles. The molecule has 7 heteroatoms. The number of para-hydroxylation sites is 1. The van der Waals surface area contributed by atoms with Gasteiger partial charge in [-0.2, -0.15) is 5.10 Å². The highest BCUT2D eigenvalue weighted by Gasteiger charge is 2.19. The van der Waals surface area contributed by atoms with E-state index in [0.29, 0.717) is 16.3 Å². The molecule has 1 amide bonds. The first-order valence-corrected chi connectivity index (χ1v) is 10.3. The summed E-state index contributed by atoms with van der Waals surface area (Å²) in [4.78, 5) is 25.5. The largest absolute Gasteiger partial charge is 0.451 e. The molecule has 2 heterocycles. The summed E-state index contributed by atoms with van der Waals surface area (Å²) in [7, 11) is 0. The zero-order chi connectivity index (χ0) is 21.3. The van der Waals surface area contributed by atoms with Gasteiger partial charge in [0.1, 0.15) is 4.88 Å². The van der Waals surface area contributed by atoms with Gasteiger partial charge in [-0.05, 0) is 49.9 Å². The summed E-state index contributed by atoms with van der Waals surface area (Å²) < 4.78 is 8.07. The predicted octanol–water partition coefficient (Wildman–Crippen LogP) is 4.81. The summed E-state index contributed by atoms with van der Waals surface area (Å²) in [5.41, 5.74) is 3.90. The minimum atomic E-state index is -0.489. The molecule has 0 unspecified atom stereocenters. The Balaban J connectivity index is 1.44. The Morgan fingerprint density at radius 1 is 1.03 bits per heavy atom. The molecule has 30 heavy (non-hydrogen) atoms. The van der Waals surface area contributed by atoms with Crippen LogP contribution in [0, 0.1) is 20.8 Å². The molecule has 0 aliphatic carbocycles. The maximum Gasteiger partial charge on any atom is 0.349 e. The molecule has 0 atom stereocenters. The van der Waals surface area contributed by atoms with E-state index < -0.39 is 11.9 Å². The lowest BCUT2D eigenvalue weighted by atomic mass is 10.1. The molecule has 6 nitrogen and oxygen atoms in total. The van der Waals surface area contributed by atoms with Crippen molar-refractivity contribution in [3.8, 4) is 5.69 Å². The van der Waals surface area contributed by atoms with Crippen LogP contribution >= 0.6 is 11.3 Å². The monoisotopic (exact) mass is 419 g/mol. The van der Waals surface area contributed by atoms with Crippen molar-refractivity contribution in [3.63, 3.8) is 0 Å². The number of ether oxygens (including phenoxy) is 1. The molecule has 152 valence electrons. The van der Waals surface area contributed by atoms with Crippen LogP contribution in [0.2, 0.25) is 0 Å². The number of rotatable bonds is 5. The van der Waals surface area contributed by atoms with E-state index >= 15 is 0 Å². The van der Waals surface area contributed by atoms with Gasteiger partial charge in [0.05, 0.1) is 22.8 Å². The van der Waals surface area contributed by atoms with Gasteiger partial charge < -0.3 is 10.1 Å². The minimum absolute atomic E-state index is 0.359. The van der Waals surface area contributed by atoms with Gasteiger partial charge in [0.25, 0.3) is 5.91 Å². The molecule has 0 spiro atoms. The average Bonchev–Trinajstić information content (AvgIpc) is 3.24. The van der Waals surface area contributed by atoms with Crippen LogP contribution in [0.15, 0.2) is 54.6 Å². The molecular formula is C23H21N3O3S. The van der Waals surface area contributed by atoms with Crippen molar-refractivity contribution < 1.29 is 14.3 Å². The van der Waals surface area contributed by atoms with Crippen LogP contribution in [-0.4, -0.2) is 28.3 Å². The number of carbonyl (C=O) groups excluding carboxylic acids is 2. The standard InChI is InChI=1S/C23H21N3O3S/c1-14-18-11-7-8-12-19(18)30-22(14)23(28)29-13-20(27)24-21-15(2)25-26(16(21)3)17-9-5-4-6-10-17/h4-12H,13H2,1-3H3,(H,24,27). The summed E-state index contributed by atoms with van der Waals surface area (Å²) in [6.07, 6.45) is 0. The van der Waals surface area contributed by atoms with E-state index in [4.69, 9.17) is 4.74 Å². The average molecular weight is 420 g/mol. The summed E-state index contributed by atoms with van der Waals surface area (Å²) >= 11 is 1.37. The summed E-state index contributed by atoms with van der Waals surface area (Å²) in [5.74, 6) is -0.891. The van der Waals surface area contributed by atoms with Gasteiger partial charge in [0.2, 0.25) is 0 Å². The minimum Gasteiger partial charge on any atom is -0.451 e. The highest BCUT2D eigenvalue weighted by Crippen LogP contribution is 2.31. The lowest BCUT2D eigenvalue weighted by molar-refractivity contribution is -0.119. The van der Waals surface area contributed by atoms with Crippen LogP contribution in [-0.2, 0) is 9.53 Å². The van der Waals surface area contributed by atoms with E-state index in [1.807, 2.05) is 75.4 Å². The van der Waals surface area contributed by atoms with Gasteiger partial charge in [0.15, 0.2) is 6.61 Å². The van der Waals surface area contributed by atoms with Gasteiger partial charge in [0, 0.05) is 4.70 Å². The van der Waals surface area contributed by atoms with Crippen LogP contribution in [0.4, 0.5) is 5.69 Å². The van der Waals surface area contributed by atoms with Gasteiger partial charge >= 0.3 is 5.97 Å². The maximum atomic E-state index is 12.5. The number of fused-ring (bicyclic) bond motifs is 1. The Hall–Kier alpha value is -3.45. The first-order valence-electron chi connectivity index (χ1n) is 9.52. The number of amides is 1. The molecule has 0 fully saturated rings. The quantitative estimate of drug-likeness (QED) is 0.471. The van der Waals surface area contributed by atoms with Crippen molar-refractivity contribution in [1.82, 2.24) is 9.78 Å². The zero-order valence-electron chi connectivity index (χ0n) is 16.9. The third-order valence-corrected chi connectivity index (χ3v) is 6.17. The number of aromatic nitrogens is 2. The van der Waals surface area contributed by atoms with Gasteiger partial charge in [-0.3, -0.25) is 4.79 Å². The third kappa shape index (κ3) is 3.71. The SMILES string of the molecule is Cc1nn(-c2ccccc2)c(C)c1NC(=O)COC(=O)c1sc2ccccc2c1C. The Morgan fingerprint density at radius 2 is 1.73 bits per heavy atom. The normalized spacial score (nSPS) is 10.9. The Kier molecular flexibility index (Phi) is 5.37. The smallest absolute Gasteiger partial charge is 0.349 e. The number of anilines is 1. The van der Waals surface area contributed by atoms with Crippen LogP contribution in [0.5, 0.6) is 0 Å². The van der Waals surface area contributed by atoms with Crippen LogP contribution in [0.3, 0.4) is 0 Å². The number of nitrogens with zero attached hydrogens (tertiary/aromatic N) is 2. The summed E-state index contributed by atoms with van der Waals surface area (Å²) in [6.45, 7) is 5.24. The molecular weight excluding hydrogens is 398 g/mol. The van der Waals surface area contributed by atoms with Crippen molar-refractivity contribution in [2.75, 3.05) is 11.9 Å². The van der Waals surface area contributed by atoms with Crippen molar-refractivity contribution >= 4 is 39.0 Å². The molecule has 0 bridgehead atoms. The number of carbonyl (C=O) groups is 2. The van der Waals surface area contributed by atoms with E-state index in [1.165, 1.54) is 11.3 Å². The van der Waals surface area contributed by atoms with Crippen molar-refractivity contribution in [2.45, 2.75) is 20.8 Å². The van der Waals surface area contributed by atoms with E-state index in [9.17, 15) is 9.59 Å². The van der Waals surface area contributed by atoms with Crippen LogP contribution < -0.4 is 5.32 Å². The molecule has 4 aromatic rings. The Morgan fingerprint density at radius 3 is 2.47 bits per heavy atom. The molecule has 0 saturated carbocycles. The van der Waals surface area contributed by atoms with E-state index in [-0.39, 0.29) is 6.61 Å². The number of esters is 1. The van der Waals surface area contributed by atoms with E-state index in [1.54, 1.807) is 4.68 Å². The van der Waals surface area contributed by atoms with E-state index in [0.717, 1.165) is 27.0 Å². The third-order valence-electron chi connectivity index (χ3n) is 4.92. The second kappa shape index (κ2) is 8.12. The highest BCUT2D eigenvalue weighted by atomic mass is 32.1. The first-order chi connectivity index (χ1) is 14.5. The number of nitrogens with one attached hydrogen (secondary N) is 1. The van der Waals surface area contributed by atoms with Gasteiger partial charge in [-0.15, -0.1) is 11.3 Å². The Bertz CT molecular complexity index is 1240.